The van der Waals surface area contributed by atoms with Crippen molar-refractivity contribution in [3.63, 3.8) is 0 Å². The van der Waals surface area contributed by atoms with Gasteiger partial charge in [0.25, 0.3) is 0 Å². The summed E-state index contributed by atoms with van der Waals surface area (Å²) in [6.45, 7) is 9.00. The number of hydrogen-bond acceptors (Lipinski definition) is 5. The molecule has 0 aliphatic carbocycles. The van der Waals surface area contributed by atoms with Crippen molar-refractivity contribution in [2.24, 2.45) is 0 Å². The lowest BCUT2D eigenvalue weighted by atomic mass is 9.94. The van der Waals surface area contributed by atoms with E-state index in [1.807, 2.05) is 10.7 Å². The smallest absolute Gasteiger partial charge is 0.233 e. The third-order valence-electron chi connectivity index (χ3n) is 6.46. The van der Waals surface area contributed by atoms with E-state index >= 15 is 0 Å². The average Bonchev–Trinajstić information content (AvgIpc) is 3.43. The Bertz CT molecular complexity index is 1320. The highest BCUT2D eigenvalue weighted by Crippen LogP contribution is 2.37. The number of rotatable bonds is 5. The Morgan fingerprint density at radius 3 is 2.97 bits per heavy atom. The molecule has 1 unspecified atom stereocenters. The molecule has 1 saturated heterocycles. The summed E-state index contributed by atoms with van der Waals surface area (Å²) in [5.74, 6) is 0.357. The number of carbonyl (C=O) groups excluding carboxylic acids is 1. The van der Waals surface area contributed by atoms with Crippen LogP contribution in [0.1, 0.15) is 42.6 Å². The molecular weight excluding hydrogens is 416 g/mol. The number of aromatic amines is 1. The van der Waals surface area contributed by atoms with E-state index in [1.165, 1.54) is 10.9 Å². The topological polar surface area (TPSA) is 87.5 Å². The lowest BCUT2D eigenvalue weighted by Gasteiger charge is -2.32. The fourth-order valence-electron chi connectivity index (χ4n) is 4.82. The van der Waals surface area contributed by atoms with Gasteiger partial charge in [-0.1, -0.05) is 19.9 Å². The highest BCUT2D eigenvalue weighted by molar-refractivity contribution is 5.92. The third-order valence-corrected chi connectivity index (χ3v) is 6.46. The van der Waals surface area contributed by atoms with Crippen molar-refractivity contribution < 1.29 is 9.53 Å². The summed E-state index contributed by atoms with van der Waals surface area (Å²) >= 11 is 0. The molecular formula is C25H30N6O2. The van der Waals surface area contributed by atoms with Crippen molar-refractivity contribution in [2.75, 3.05) is 33.3 Å². The maximum Gasteiger partial charge on any atom is 0.233 e. The van der Waals surface area contributed by atoms with Crippen LogP contribution in [0, 0.1) is 6.92 Å². The summed E-state index contributed by atoms with van der Waals surface area (Å²) < 4.78 is 7.94. The molecule has 0 radical (unpaired) electrons. The first-order valence-corrected chi connectivity index (χ1v) is 11.4. The Hall–Kier alpha value is -3.23. The standard InChI is InChI=1S/C25H30N6O2/c1-15(2)23-19-10-17(21-12-30(7-8-33-21)13-22(32)26-4)5-6-20(19)29-24(23)18-9-16(3)25-27-14-28-31(25)11-18/h5-6,9-11,14-15,21,29H,7-8,12-13H2,1-4H3,(H,26,32). The summed E-state index contributed by atoms with van der Waals surface area (Å²) in [7, 11) is 1.67. The van der Waals surface area contributed by atoms with Gasteiger partial charge >= 0.3 is 0 Å². The zero-order chi connectivity index (χ0) is 23.1. The van der Waals surface area contributed by atoms with Crippen molar-refractivity contribution in [3.8, 4) is 11.3 Å². The van der Waals surface area contributed by atoms with E-state index in [0.717, 1.165) is 40.1 Å². The van der Waals surface area contributed by atoms with E-state index < -0.39 is 0 Å². The molecule has 0 saturated carbocycles. The fourth-order valence-corrected chi connectivity index (χ4v) is 4.82. The van der Waals surface area contributed by atoms with Crippen molar-refractivity contribution in [2.45, 2.75) is 32.8 Å². The van der Waals surface area contributed by atoms with Crippen molar-refractivity contribution in [1.29, 1.82) is 0 Å². The number of aromatic nitrogens is 4. The van der Waals surface area contributed by atoms with Crippen molar-refractivity contribution >= 4 is 22.5 Å². The lowest BCUT2D eigenvalue weighted by Crippen LogP contribution is -2.43. The summed E-state index contributed by atoms with van der Waals surface area (Å²) in [5.41, 5.74) is 7.70. The normalized spacial score (nSPS) is 17.3. The molecule has 1 aliphatic rings. The number of aryl methyl sites for hydroxylation is 1. The first kappa shape index (κ1) is 21.6. The van der Waals surface area contributed by atoms with Crippen LogP contribution < -0.4 is 5.32 Å². The summed E-state index contributed by atoms with van der Waals surface area (Å²) in [6.07, 6.45) is 3.57. The van der Waals surface area contributed by atoms with Gasteiger partial charge in [0.1, 0.15) is 6.33 Å². The molecule has 0 bridgehead atoms. The second-order valence-corrected chi connectivity index (χ2v) is 9.08. The van der Waals surface area contributed by atoms with Crippen molar-refractivity contribution in [3.05, 3.63) is 53.5 Å². The summed E-state index contributed by atoms with van der Waals surface area (Å²) in [6, 6.07) is 8.69. The number of hydrogen-bond donors (Lipinski definition) is 2. The molecule has 1 aliphatic heterocycles. The molecule has 1 aromatic carbocycles. The highest BCUT2D eigenvalue weighted by atomic mass is 16.5. The molecule has 4 heterocycles. The molecule has 3 aromatic heterocycles. The lowest BCUT2D eigenvalue weighted by molar-refractivity contribution is -0.123. The number of likely N-dealkylation sites (N-methyl/N-ethyl adjacent to an activating group) is 1. The zero-order valence-electron chi connectivity index (χ0n) is 19.6. The van der Waals surface area contributed by atoms with Gasteiger partial charge < -0.3 is 15.0 Å². The van der Waals surface area contributed by atoms with Crippen LogP contribution >= 0.6 is 0 Å². The number of H-pyrrole nitrogens is 1. The molecule has 4 aromatic rings. The third kappa shape index (κ3) is 4.00. The van der Waals surface area contributed by atoms with Crippen LogP contribution in [0.15, 0.2) is 36.8 Å². The number of amides is 1. The minimum absolute atomic E-state index is 0.0307. The van der Waals surface area contributed by atoms with Crippen LogP contribution in [0.3, 0.4) is 0 Å². The Balaban J connectivity index is 1.54. The monoisotopic (exact) mass is 446 g/mol. The number of ether oxygens (including phenoxy) is 1. The second kappa shape index (κ2) is 8.61. The van der Waals surface area contributed by atoms with Crippen LogP contribution in [0.5, 0.6) is 0 Å². The van der Waals surface area contributed by atoms with Crippen LogP contribution in [-0.4, -0.2) is 63.7 Å². The minimum atomic E-state index is -0.0556. The molecule has 1 atom stereocenters. The van der Waals surface area contributed by atoms with Gasteiger partial charge in [-0.3, -0.25) is 9.69 Å². The van der Waals surface area contributed by atoms with Crippen LogP contribution in [0.2, 0.25) is 0 Å². The summed E-state index contributed by atoms with van der Waals surface area (Å²) in [5, 5.41) is 8.26. The van der Waals surface area contributed by atoms with Crippen LogP contribution in [-0.2, 0) is 9.53 Å². The molecule has 172 valence electrons. The van der Waals surface area contributed by atoms with E-state index in [-0.39, 0.29) is 12.0 Å². The number of pyridine rings is 1. The molecule has 8 nitrogen and oxygen atoms in total. The predicted octanol–water partition coefficient (Wildman–Crippen LogP) is 3.43. The van der Waals surface area contributed by atoms with E-state index in [0.29, 0.717) is 25.6 Å². The van der Waals surface area contributed by atoms with Gasteiger partial charge in [0.15, 0.2) is 5.65 Å². The number of benzene rings is 1. The van der Waals surface area contributed by atoms with Gasteiger partial charge in [-0.05, 0) is 47.7 Å². The minimum Gasteiger partial charge on any atom is -0.371 e. The molecule has 2 N–H and O–H groups in total. The van der Waals surface area contributed by atoms with Crippen molar-refractivity contribution in [1.82, 2.24) is 29.8 Å². The summed E-state index contributed by atoms with van der Waals surface area (Å²) in [4.78, 5) is 22.0. The maximum atomic E-state index is 11.8. The highest BCUT2D eigenvalue weighted by Gasteiger charge is 2.25. The number of carbonyl (C=O) groups is 1. The Labute approximate surface area is 192 Å². The van der Waals surface area contributed by atoms with Gasteiger partial charge in [0, 0.05) is 42.8 Å². The van der Waals surface area contributed by atoms with E-state index in [1.54, 1.807) is 13.4 Å². The second-order valence-electron chi connectivity index (χ2n) is 9.08. The van der Waals surface area contributed by atoms with Gasteiger partial charge in [-0.15, -0.1) is 0 Å². The van der Waals surface area contributed by atoms with Gasteiger partial charge in [0.2, 0.25) is 5.91 Å². The SMILES string of the molecule is CNC(=O)CN1CCOC(c2ccc3[nH]c(-c4cc(C)c5ncnn5c4)c(C(C)C)c3c2)C1. The van der Waals surface area contributed by atoms with E-state index in [9.17, 15) is 4.79 Å². The molecule has 0 spiro atoms. The maximum absolute atomic E-state index is 11.8. The predicted molar refractivity (Wildman–Crippen MR) is 128 cm³/mol. The van der Waals surface area contributed by atoms with Gasteiger partial charge in [-0.2, -0.15) is 5.10 Å². The zero-order valence-corrected chi connectivity index (χ0v) is 19.6. The van der Waals surface area contributed by atoms with Gasteiger partial charge in [0.05, 0.1) is 24.9 Å². The van der Waals surface area contributed by atoms with E-state index in [4.69, 9.17) is 4.74 Å². The fraction of sp³-hybridized carbons (Fsp3) is 0.400. The van der Waals surface area contributed by atoms with Gasteiger partial charge in [-0.25, -0.2) is 9.50 Å². The molecule has 5 rings (SSSR count). The Morgan fingerprint density at radius 2 is 2.18 bits per heavy atom. The van der Waals surface area contributed by atoms with Crippen LogP contribution in [0.25, 0.3) is 27.8 Å². The molecule has 1 amide bonds. The first-order chi connectivity index (χ1) is 15.9. The molecule has 33 heavy (non-hydrogen) atoms. The first-order valence-electron chi connectivity index (χ1n) is 11.4. The number of morpholine rings is 1. The van der Waals surface area contributed by atoms with E-state index in [2.05, 4.69) is 70.3 Å². The largest absolute Gasteiger partial charge is 0.371 e. The Kier molecular flexibility index (Phi) is 5.64. The average molecular weight is 447 g/mol. The quantitative estimate of drug-likeness (QED) is 0.490. The Morgan fingerprint density at radius 1 is 1.33 bits per heavy atom. The number of nitrogens with one attached hydrogen (secondary N) is 2. The van der Waals surface area contributed by atoms with Crippen LogP contribution in [0.4, 0.5) is 0 Å². The molecule has 8 heteroatoms. The number of fused-ring (bicyclic) bond motifs is 2. The molecule has 1 fully saturated rings. The number of nitrogens with zero attached hydrogens (tertiary/aromatic N) is 4.